The van der Waals surface area contributed by atoms with Crippen LogP contribution in [0.4, 0.5) is 5.69 Å². The Hall–Kier alpha value is -2.93. The van der Waals surface area contributed by atoms with Crippen LogP contribution in [0.5, 0.6) is 23.0 Å². The molecule has 146 valence electrons. The Bertz CT molecular complexity index is 777. The van der Waals surface area contributed by atoms with Crippen molar-refractivity contribution in [3.05, 3.63) is 42.0 Å². The SMILES string of the molecule is COc1ccc(OC)c(NC(=O)CCC(O)c2ccc(OC)cc2OC)c1. The molecule has 7 nitrogen and oxygen atoms in total. The van der Waals surface area contributed by atoms with Gasteiger partial charge in [-0.15, -0.1) is 0 Å². The van der Waals surface area contributed by atoms with E-state index in [0.717, 1.165) is 0 Å². The van der Waals surface area contributed by atoms with Gasteiger partial charge in [0.1, 0.15) is 23.0 Å². The van der Waals surface area contributed by atoms with Gasteiger partial charge in [0, 0.05) is 24.1 Å². The van der Waals surface area contributed by atoms with E-state index in [-0.39, 0.29) is 18.7 Å². The highest BCUT2D eigenvalue weighted by Crippen LogP contribution is 2.32. The fourth-order valence-corrected chi connectivity index (χ4v) is 2.64. The van der Waals surface area contributed by atoms with Crippen molar-refractivity contribution in [3.8, 4) is 23.0 Å². The first-order valence-electron chi connectivity index (χ1n) is 8.44. The van der Waals surface area contributed by atoms with Crippen LogP contribution >= 0.6 is 0 Å². The number of aliphatic hydroxyl groups is 1. The zero-order valence-corrected chi connectivity index (χ0v) is 15.9. The molecule has 2 N–H and O–H groups in total. The van der Waals surface area contributed by atoms with Gasteiger partial charge in [0.2, 0.25) is 5.91 Å². The van der Waals surface area contributed by atoms with Crippen molar-refractivity contribution in [2.24, 2.45) is 0 Å². The van der Waals surface area contributed by atoms with E-state index in [0.29, 0.717) is 34.2 Å². The van der Waals surface area contributed by atoms with Crippen LogP contribution in [0.25, 0.3) is 0 Å². The average Bonchev–Trinajstić information content (AvgIpc) is 2.71. The second-order valence-corrected chi connectivity index (χ2v) is 5.78. The summed E-state index contributed by atoms with van der Waals surface area (Å²) in [5, 5.41) is 13.2. The van der Waals surface area contributed by atoms with Gasteiger partial charge in [0.05, 0.1) is 40.2 Å². The normalized spacial score (nSPS) is 11.4. The second-order valence-electron chi connectivity index (χ2n) is 5.78. The van der Waals surface area contributed by atoms with Crippen LogP contribution in [-0.2, 0) is 4.79 Å². The van der Waals surface area contributed by atoms with E-state index in [1.807, 2.05) is 0 Å². The van der Waals surface area contributed by atoms with Gasteiger partial charge in [0.25, 0.3) is 0 Å². The quantitative estimate of drug-likeness (QED) is 0.700. The van der Waals surface area contributed by atoms with Crippen molar-refractivity contribution in [2.75, 3.05) is 33.8 Å². The molecule has 1 amide bonds. The van der Waals surface area contributed by atoms with E-state index < -0.39 is 6.10 Å². The highest BCUT2D eigenvalue weighted by molar-refractivity contribution is 5.92. The van der Waals surface area contributed by atoms with Crippen molar-refractivity contribution in [1.29, 1.82) is 0 Å². The number of hydrogen-bond donors (Lipinski definition) is 2. The average molecular weight is 375 g/mol. The molecule has 1 atom stereocenters. The Morgan fingerprint density at radius 3 is 2.19 bits per heavy atom. The maximum absolute atomic E-state index is 12.3. The second kappa shape index (κ2) is 9.68. The summed E-state index contributed by atoms with van der Waals surface area (Å²) in [6, 6.07) is 10.3. The number of hydrogen-bond acceptors (Lipinski definition) is 6. The third kappa shape index (κ3) is 5.27. The molecule has 0 aliphatic rings. The van der Waals surface area contributed by atoms with Gasteiger partial charge < -0.3 is 29.4 Å². The molecule has 0 saturated heterocycles. The van der Waals surface area contributed by atoms with Gasteiger partial charge in [-0.1, -0.05) is 0 Å². The monoisotopic (exact) mass is 375 g/mol. The molecular weight excluding hydrogens is 350 g/mol. The van der Waals surface area contributed by atoms with Crippen LogP contribution in [0, 0.1) is 0 Å². The molecule has 27 heavy (non-hydrogen) atoms. The lowest BCUT2D eigenvalue weighted by Crippen LogP contribution is -2.14. The zero-order valence-electron chi connectivity index (χ0n) is 15.9. The van der Waals surface area contributed by atoms with Crippen molar-refractivity contribution >= 4 is 11.6 Å². The number of amides is 1. The van der Waals surface area contributed by atoms with Crippen molar-refractivity contribution in [1.82, 2.24) is 0 Å². The fraction of sp³-hybridized carbons (Fsp3) is 0.350. The van der Waals surface area contributed by atoms with Gasteiger partial charge in [-0.3, -0.25) is 4.79 Å². The van der Waals surface area contributed by atoms with Crippen LogP contribution < -0.4 is 24.3 Å². The molecule has 0 aromatic heterocycles. The lowest BCUT2D eigenvalue weighted by atomic mass is 10.0. The maximum Gasteiger partial charge on any atom is 0.224 e. The molecule has 0 fully saturated rings. The Kier molecular flexibility index (Phi) is 7.31. The predicted octanol–water partition coefficient (Wildman–Crippen LogP) is 3.17. The number of methoxy groups -OCH3 is 4. The fourth-order valence-electron chi connectivity index (χ4n) is 2.64. The van der Waals surface area contributed by atoms with Gasteiger partial charge >= 0.3 is 0 Å². The maximum atomic E-state index is 12.3. The Morgan fingerprint density at radius 1 is 0.926 bits per heavy atom. The first kappa shape index (κ1) is 20.4. The third-order valence-electron chi connectivity index (χ3n) is 4.13. The number of rotatable bonds is 9. The third-order valence-corrected chi connectivity index (χ3v) is 4.13. The van der Waals surface area contributed by atoms with Gasteiger partial charge in [-0.25, -0.2) is 0 Å². The summed E-state index contributed by atoms with van der Waals surface area (Å²) < 4.78 is 20.9. The van der Waals surface area contributed by atoms with Crippen LogP contribution in [0.15, 0.2) is 36.4 Å². The minimum atomic E-state index is -0.844. The van der Waals surface area contributed by atoms with Crippen LogP contribution in [0.3, 0.4) is 0 Å². The largest absolute Gasteiger partial charge is 0.497 e. The standard InChI is InChI=1S/C20H25NO6/c1-24-13-6-9-18(26-3)16(11-13)21-20(23)10-8-17(22)15-7-5-14(25-2)12-19(15)27-4/h5-7,9,11-12,17,22H,8,10H2,1-4H3,(H,21,23). The molecular formula is C20H25NO6. The summed E-state index contributed by atoms with van der Waals surface area (Å²) in [5.41, 5.74) is 1.11. The summed E-state index contributed by atoms with van der Waals surface area (Å²) in [4.78, 5) is 12.3. The molecule has 1 unspecified atom stereocenters. The summed E-state index contributed by atoms with van der Waals surface area (Å²) in [6.07, 6.45) is -0.485. The Balaban J connectivity index is 2.01. The lowest BCUT2D eigenvalue weighted by molar-refractivity contribution is -0.116. The van der Waals surface area contributed by atoms with E-state index in [9.17, 15) is 9.90 Å². The number of carbonyl (C=O) groups is 1. The van der Waals surface area contributed by atoms with E-state index in [1.165, 1.54) is 14.2 Å². The molecule has 2 aromatic carbocycles. The highest BCUT2D eigenvalue weighted by atomic mass is 16.5. The number of benzene rings is 2. The van der Waals surface area contributed by atoms with Crippen LogP contribution in [0.1, 0.15) is 24.5 Å². The summed E-state index contributed by atoms with van der Waals surface area (Å²) >= 11 is 0. The van der Waals surface area contributed by atoms with Gasteiger partial charge in [-0.05, 0) is 30.7 Å². The highest BCUT2D eigenvalue weighted by Gasteiger charge is 2.17. The summed E-state index contributed by atoms with van der Waals surface area (Å²) in [7, 11) is 6.15. The van der Waals surface area contributed by atoms with E-state index in [4.69, 9.17) is 18.9 Å². The van der Waals surface area contributed by atoms with E-state index in [1.54, 1.807) is 50.6 Å². The number of carbonyl (C=O) groups excluding carboxylic acids is 1. The first-order chi connectivity index (χ1) is 13.0. The minimum Gasteiger partial charge on any atom is -0.497 e. The molecule has 0 heterocycles. The minimum absolute atomic E-state index is 0.122. The van der Waals surface area contributed by atoms with Gasteiger partial charge in [0.15, 0.2) is 0 Å². The number of aliphatic hydroxyl groups excluding tert-OH is 1. The molecule has 0 saturated carbocycles. The summed E-state index contributed by atoms with van der Waals surface area (Å²) in [5.74, 6) is 2.03. The topological polar surface area (TPSA) is 86.3 Å². The predicted molar refractivity (Wildman–Crippen MR) is 102 cm³/mol. The van der Waals surface area contributed by atoms with Crippen molar-refractivity contribution in [2.45, 2.75) is 18.9 Å². The molecule has 0 bridgehead atoms. The Labute approximate surface area is 158 Å². The number of anilines is 1. The lowest BCUT2D eigenvalue weighted by Gasteiger charge is -2.16. The molecule has 0 spiro atoms. The first-order valence-corrected chi connectivity index (χ1v) is 8.44. The number of nitrogens with one attached hydrogen (secondary N) is 1. The molecule has 7 heteroatoms. The molecule has 0 aliphatic heterocycles. The molecule has 0 radical (unpaired) electrons. The van der Waals surface area contributed by atoms with Crippen molar-refractivity contribution < 1.29 is 28.8 Å². The van der Waals surface area contributed by atoms with E-state index >= 15 is 0 Å². The van der Waals surface area contributed by atoms with E-state index in [2.05, 4.69) is 5.32 Å². The van der Waals surface area contributed by atoms with Gasteiger partial charge in [-0.2, -0.15) is 0 Å². The smallest absolute Gasteiger partial charge is 0.224 e. The number of ether oxygens (including phenoxy) is 4. The summed E-state index contributed by atoms with van der Waals surface area (Å²) in [6.45, 7) is 0. The van der Waals surface area contributed by atoms with Crippen LogP contribution in [-0.4, -0.2) is 39.5 Å². The molecule has 0 aliphatic carbocycles. The van der Waals surface area contributed by atoms with Crippen molar-refractivity contribution in [3.63, 3.8) is 0 Å². The van der Waals surface area contributed by atoms with Crippen LogP contribution in [0.2, 0.25) is 0 Å². The Morgan fingerprint density at radius 2 is 1.56 bits per heavy atom. The molecule has 2 aromatic rings. The molecule has 2 rings (SSSR count). The zero-order chi connectivity index (χ0) is 19.8.